The first kappa shape index (κ1) is 22.8. The number of aromatic nitrogens is 2. The molecule has 1 aromatic heterocycles. The predicted molar refractivity (Wildman–Crippen MR) is 131 cm³/mol. The number of anilines is 1. The van der Waals surface area contributed by atoms with Crippen LogP contribution >= 0.6 is 15.9 Å². The maximum Gasteiger partial charge on any atom is 0.295 e. The molecule has 0 spiro atoms. The molecule has 1 saturated heterocycles. The number of benzene rings is 2. The van der Waals surface area contributed by atoms with Gasteiger partial charge in [0.2, 0.25) is 0 Å². The summed E-state index contributed by atoms with van der Waals surface area (Å²) in [5.74, 6) is -1.43. The number of halogens is 1. The van der Waals surface area contributed by atoms with Crippen molar-refractivity contribution in [1.82, 2.24) is 14.5 Å². The van der Waals surface area contributed by atoms with E-state index in [1.807, 2.05) is 54.0 Å². The van der Waals surface area contributed by atoms with E-state index in [0.717, 1.165) is 15.7 Å². The van der Waals surface area contributed by atoms with Crippen LogP contribution in [0.2, 0.25) is 0 Å². The maximum absolute atomic E-state index is 13.1. The Hall–Kier alpha value is -3.39. The van der Waals surface area contributed by atoms with Crippen molar-refractivity contribution >= 4 is 39.1 Å². The van der Waals surface area contributed by atoms with Crippen LogP contribution in [0.3, 0.4) is 0 Å². The van der Waals surface area contributed by atoms with E-state index < -0.39 is 17.7 Å². The highest BCUT2D eigenvalue weighted by Gasteiger charge is 2.45. The average Bonchev–Trinajstić information content (AvgIpc) is 3.41. The summed E-state index contributed by atoms with van der Waals surface area (Å²) in [4.78, 5) is 33.7. The zero-order valence-electron chi connectivity index (χ0n) is 18.5. The normalized spacial score (nSPS) is 17.5. The quantitative estimate of drug-likeness (QED) is 0.293. The second-order valence-electron chi connectivity index (χ2n) is 8.14. The lowest BCUT2D eigenvalue weighted by Crippen LogP contribution is -2.31. The molecule has 1 aliphatic heterocycles. The third kappa shape index (κ3) is 4.71. The minimum Gasteiger partial charge on any atom is -0.507 e. The molecule has 7 nitrogen and oxygen atoms in total. The van der Waals surface area contributed by atoms with Crippen LogP contribution in [0.5, 0.6) is 0 Å². The van der Waals surface area contributed by atoms with E-state index in [1.54, 1.807) is 41.7 Å². The van der Waals surface area contributed by atoms with Gasteiger partial charge < -0.3 is 19.5 Å². The number of likely N-dealkylation sites (tertiary alicyclic amines) is 1. The number of hydrogen-bond donors (Lipinski definition) is 1. The molecule has 0 bridgehead atoms. The fraction of sp³-hybridized carbons (Fsp3) is 0.240. The molecule has 0 radical (unpaired) electrons. The molecule has 8 heteroatoms. The molecule has 33 heavy (non-hydrogen) atoms. The van der Waals surface area contributed by atoms with Gasteiger partial charge in [-0.3, -0.25) is 9.59 Å². The molecular formula is C25H25BrN4O3. The number of ketones is 1. The molecule has 3 aromatic rings. The van der Waals surface area contributed by atoms with E-state index in [4.69, 9.17) is 0 Å². The Morgan fingerprint density at radius 2 is 1.76 bits per heavy atom. The highest BCUT2D eigenvalue weighted by atomic mass is 79.9. The number of amides is 1. The third-order valence-electron chi connectivity index (χ3n) is 5.76. The highest BCUT2D eigenvalue weighted by Crippen LogP contribution is 2.40. The minimum atomic E-state index is -0.667. The molecule has 0 aliphatic carbocycles. The fourth-order valence-electron chi connectivity index (χ4n) is 4.02. The van der Waals surface area contributed by atoms with Gasteiger partial charge in [-0.1, -0.05) is 40.2 Å². The number of Topliss-reactive ketones (excluding diaryl/α,β-unsaturated/α-hetero) is 1. The molecule has 1 unspecified atom stereocenters. The lowest BCUT2D eigenvalue weighted by Gasteiger charge is -2.26. The van der Waals surface area contributed by atoms with Crippen LogP contribution in [-0.2, 0) is 16.1 Å². The maximum atomic E-state index is 13.1. The van der Waals surface area contributed by atoms with E-state index in [2.05, 4.69) is 20.9 Å². The molecule has 1 fully saturated rings. The van der Waals surface area contributed by atoms with Crippen LogP contribution in [0, 0.1) is 0 Å². The molecule has 2 aromatic carbocycles. The Balaban J connectivity index is 1.73. The molecule has 1 aliphatic rings. The lowest BCUT2D eigenvalue weighted by atomic mass is 9.95. The summed E-state index contributed by atoms with van der Waals surface area (Å²) in [6, 6.07) is 14.1. The number of aliphatic hydroxyl groups excluding tert-OH is 1. The van der Waals surface area contributed by atoms with Crippen LogP contribution in [0.1, 0.15) is 23.6 Å². The first-order chi connectivity index (χ1) is 15.9. The van der Waals surface area contributed by atoms with Crippen molar-refractivity contribution in [3.8, 4) is 0 Å². The van der Waals surface area contributed by atoms with Gasteiger partial charge in [0.25, 0.3) is 11.7 Å². The monoisotopic (exact) mass is 508 g/mol. The van der Waals surface area contributed by atoms with Crippen molar-refractivity contribution in [3.05, 3.63) is 88.4 Å². The molecule has 1 atom stereocenters. The molecule has 2 heterocycles. The van der Waals surface area contributed by atoms with Crippen molar-refractivity contribution in [3.63, 3.8) is 0 Å². The zero-order valence-corrected chi connectivity index (χ0v) is 20.1. The first-order valence-corrected chi connectivity index (χ1v) is 11.4. The number of rotatable bonds is 7. The van der Waals surface area contributed by atoms with E-state index in [0.29, 0.717) is 25.1 Å². The number of hydrogen-bond acceptors (Lipinski definition) is 5. The summed E-state index contributed by atoms with van der Waals surface area (Å²) in [5.41, 5.74) is 2.39. The molecule has 0 saturated carbocycles. The summed E-state index contributed by atoms with van der Waals surface area (Å²) < 4.78 is 2.79. The van der Waals surface area contributed by atoms with E-state index in [9.17, 15) is 14.7 Å². The standard InChI is InChI=1S/C25H25BrN4O3/c1-28(2)20-10-6-17(7-11-20)22-21(23(31)18-4-8-19(26)9-5-18)24(32)25(33)30(22)14-3-13-29-15-12-27-16-29/h4-12,15-16,22,31H,3,13-14H2,1-2H3. The first-order valence-electron chi connectivity index (χ1n) is 10.6. The molecule has 1 amide bonds. The van der Waals surface area contributed by atoms with Gasteiger partial charge in [-0.05, 0) is 36.2 Å². The Labute approximate surface area is 201 Å². The van der Waals surface area contributed by atoms with Gasteiger partial charge in [-0.25, -0.2) is 4.98 Å². The predicted octanol–water partition coefficient (Wildman–Crippen LogP) is 4.22. The van der Waals surface area contributed by atoms with Crippen molar-refractivity contribution in [2.24, 2.45) is 0 Å². The van der Waals surface area contributed by atoms with E-state index >= 15 is 0 Å². The summed E-state index contributed by atoms with van der Waals surface area (Å²) in [7, 11) is 3.90. The Morgan fingerprint density at radius 3 is 2.36 bits per heavy atom. The molecule has 1 N–H and O–H groups in total. The third-order valence-corrected chi connectivity index (χ3v) is 6.29. The summed E-state index contributed by atoms with van der Waals surface area (Å²) in [5, 5.41) is 11.1. The van der Waals surface area contributed by atoms with Crippen molar-refractivity contribution in [2.75, 3.05) is 25.5 Å². The van der Waals surface area contributed by atoms with Crippen LogP contribution in [0.4, 0.5) is 5.69 Å². The van der Waals surface area contributed by atoms with E-state index in [-0.39, 0.29) is 11.3 Å². The van der Waals surface area contributed by atoms with Gasteiger partial charge in [0.1, 0.15) is 5.76 Å². The number of carbonyl (C=O) groups excluding carboxylic acids is 2. The van der Waals surface area contributed by atoms with Crippen LogP contribution in [0.25, 0.3) is 5.76 Å². The van der Waals surface area contributed by atoms with E-state index in [1.165, 1.54) is 0 Å². The highest BCUT2D eigenvalue weighted by molar-refractivity contribution is 9.10. The van der Waals surface area contributed by atoms with Gasteiger partial charge in [-0.15, -0.1) is 0 Å². The molecular weight excluding hydrogens is 484 g/mol. The Bertz CT molecular complexity index is 1170. The number of aryl methyl sites for hydroxylation is 1. The average molecular weight is 509 g/mol. The van der Waals surface area contributed by atoms with Gasteiger partial charge in [-0.2, -0.15) is 0 Å². The van der Waals surface area contributed by atoms with Crippen molar-refractivity contribution in [1.29, 1.82) is 0 Å². The van der Waals surface area contributed by atoms with Crippen LogP contribution in [0.15, 0.2) is 77.3 Å². The number of nitrogens with zero attached hydrogens (tertiary/aromatic N) is 4. The molecule has 4 rings (SSSR count). The van der Waals surface area contributed by atoms with Gasteiger partial charge in [0.05, 0.1) is 17.9 Å². The molecule has 170 valence electrons. The minimum absolute atomic E-state index is 0.113. The fourth-order valence-corrected chi connectivity index (χ4v) is 4.28. The second kappa shape index (κ2) is 9.62. The Morgan fingerprint density at radius 1 is 1.06 bits per heavy atom. The van der Waals surface area contributed by atoms with Crippen molar-refractivity contribution < 1.29 is 14.7 Å². The van der Waals surface area contributed by atoms with Crippen molar-refractivity contribution in [2.45, 2.75) is 19.0 Å². The van der Waals surface area contributed by atoms with Crippen LogP contribution < -0.4 is 4.90 Å². The topological polar surface area (TPSA) is 78.7 Å². The van der Waals surface area contributed by atoms with Crippen LogP contribution in [-0.4, -0.2) is 51.9 Å². The smallest absolute Gasteiger partial charge is 0.295 e. The largest absolute Gasteiger partial charge is 0.507 e. The van der Waals surface area contributed by atoms with Gasteiger partial charge in [0.15, 0.2) is 0 Å². The van der Waals surface area contributed by atoms with Gasteiger partial charge in [0, 0.05) is 55.3 Å². The number of aliphatic hydroxyl groups is 1. The summed E-state index contributed by atoms with van der Waals surface area (Å²) >= 11 is 3.38. The summed E-state index contributed by atoms with van der Waals surface area (Å²) in [6.07, 6.45) is 5.93. The Kier molecular flexibility index (Phi) is 6.65. The lowest BCUT2D eigenvalue weighted by molar-refractivity contribution is -0.139. The summed E-state index contributed by atoms with van der Waals surface area (Å²) in [6.45, 7) is 1.04. The van der Waals surface area contributed by atoms with Gasteiger partial charge >= 0.3 is 0 Å². The number of imidazole rings is 1. The zero-order chi connectivity index (χ0) is 23.5. The second-order valence-corrected chi connectivity index (χ2v) is 9.06. The number of carbonyl (C=O) groups is 2. The SMILES string of the molecule is CN(C)c1ccc(C2C(=C(O)c3ccc(Br)cc3)C(=O)C(=O)N2CCCn2ccnc2)cc1.